The van der Waals surface area contributed by atoms with Gasteiger partial charge in [-0.3, -0.25) is 0 Å². The minimum atomic E-state index is -3.52. The summed E-state index contributed by atoms with van der Waals surface area (Å²) in [6, 6.07) is 9.08. The molecule has 1 aromatic heterocycles. The van der Waals surface area contributed by atoms with Gasteiger partial charge in [0, 0.05) is 12.1 Å². The first-order valence-electron chi connectivity index (χ1n) is 6.14. The number of benzene rings is 1. The van der Waals surface area contributed by atoms with Crippen LogP contribution >= 0.6 is 23.2 Å². The molecule has 1 heterocycles. The molecule has 5 nitrogen and oxygen atoms in total. The lowest BCUT2D eigenvalue weighted by Crippen LogP contribution is -2.07. The molecular weight excluding hydrogens is 347 g/mol. The molecule has 0 aliphatic carbocycles. The maximum absolute atomic E-state index is 11.9. The minimum absolute atomic E-state index is 0.0880. The summed E-state index contributed by atoms with van der Waals surface area (Å²) in [5, 5.41) is 9.77. The molecule has 22 heavy (non-hydrogen) atoms. The number of sulfone groups is 1. The molecule has 1 aromatic carbocycles. The third-order valence-electron chi connectivity index (χ3n) is 2.77. The van der Waals surface area contributed by atoms with Crippen LogP contribution in [0.4, 0.5) is 0 Å². The number of aromatic nitrogens is 1. The molecule has 0 fully saturated rings. The van der Waals surface area contributed by atoms with E-state index in [1.165, 1.54) is 25.1 Å². The Balaban J connectivity index is 2.38. The highest BCUT2D eigenvalue weighted by Gasteiger charge is 2.19. The highest BCUT2D eigenvalue weighted by Crippen LogP contribution is 2.29. The lowest BCUT2D eigenvalue weighted by Gasteiger charge is -2.08. The van der Waals surface area contributed by atoms with Crippen molar-refractivity contribution in [2.75, 3.05) is 5.75 Å². The maximum Gasteiger partial charge on any atom is 0.220 e. The van der Waals surface area contributed by atoms with Crippen molar-refractivity contribution in [2.24, 2.45) is 0 Å². The third-order valence-corrected chi connectivity index (χ3v) is 5.27. The summed E-state index contributed by atoms with van der Waals surface area (Å²) in [7, 11) is -3.52. The van der Waals surface area contributed by atoms with E-state index < -0.39 is 9.84 Å². The van der Waals surface area contributed by atoms with Crippen molar-refractivity contribution in [1.82, 2.24) is 4.98 Å². The normalized spacial score (nSPS) is 11.0. The number of hydrogen-bond acceptors (Lipinski definition) is 5. The zero-order chi connectivity index (χ0) is 16.3. The number of halogens is 2. The molecule has 2 aromatic rings. The van der Waals surface area contributed by atoms with Crippen molar-refractivity contribution in [1.29, 1.82) is 5.26 Å². The van der Waals surface area contributed by atoms with Crippen LogP contribution in [0, 0.1) is 11.3 Å². The Hall–Kier alpha value is -1.81. The summed E-state index contributed by atoms with van der Waals surface area (Å²) in [6.45, 7) is 1.50. The highest BCUT2D eigenvalue weighted by molar-refractivity contribution is 7.91. The molecule has 0 aliphatic heterocycles. The second kappa shape index (κ2) is 6.53. The quantitative estimate of drug-likeness (QED) is 0.830. The Morgan fingerprint density at radius 3 is 2.55 bits per heavy atom. The molecule has 0 spiro atoms. The van der Waals surface area contributed by atoms with Crippen LogP contribution in [0.1, 0.15) is 12.6 Å². The van der Waals surface area contributed by atoms with Crippen LogP contribution in [0.25, 0.3) is 0 Å². The van der Waals surface area contributed by atoms with Gasteiger partial charge in [0.2, 0.25) is 5.88 Å². The lowest BCUT2D eigenvalue weighted by atomic mass is 10.3. The fourth-order valence-electron chi connectivity index (χ4n) is 1.63. The van der Waals surface area contributed by atoms with Crippen LogP contribution in [-0.2, 0) is 9.84 Å². The fourth-order valence-corrected chi connectivity index (χ4v) is 2.89. The van der Waals surface area contributed by atoms with Crippen LogP contribution in [0.5, 0.6) is 11.6 Å². The van der Waals surface area contributed by atoms with Crippen LogP contribution in [0.2, 0.25) is 10.0 Å². The SMILES string of the molecule is CCS(=O)(=O)c1ccc(Oc2ccc(Cl)c(Cl)c2)nc1C#N. The molecule has 114 valence electrons. The Bertz CT molecular complexity index is 861. The van der Waals surface area contributed by atoms with Gasteiger partial charge in [-0.1, -0.05) is 30.1 Å². The van der Waals surface area contributed by atoms with Crippen molar-refractivity contribution in [3.63, 3.8) is 0 Å². The molecule has 8 heteroatoms. The topological polar surface area (TPSA) is 80.1 Å². The molecule has 0 saturated heterocycles. The number of rotatable bonds is 4. The second-order valence-electron chi connectivity index (χ2n) is 4.19. The molecule has 0 unspecified atom stereocenters. The third kappa shape index (κ3) is 3.50. The standard InChI is InChI=1S/C14H10Cl2N2O3S/c1-2-22(19,20)13-5-6-14(18-12(13)8-17)21-9-3-4-10(15)11(16)7-9/h3-7H,2H2,1H3. The molecular formula is C14H10Cl2N2O3S. The number of ether oxygens (including phenoxy) is 1. The number of hydrogen-bond donors (Lipinski definition) is 0. The molecule has 0 amide bonds. The average Bonchev–Trinajstić information content (AvgIpc) is 2.50. The first kappa shape index (κ1) is 16.6. The highest BCUT2D eigenvalue weighted by atomic mass is 35.5. The zero-order valence-corrected chi connectivity index (χ0v) is 13.7. The number of nitriles is 1. The van der Waals surface area contributed by atoms with E-state index in [1.807, 2.05) is 0 Å². The van der Waals surface area contributed by atoms with Crippen LogP contribution in [-0.4, -0.2) is 19.2 Å². The van der Waals surface area contributed by atoms with E-state index in [4.69, 9.17) is 33.2 Å². The predicted molar refractivity (Wildman–Crippen MR) is 83.2 cm³/mol. The van der Waals surface area contributed by atoms with Gasteiger partial charge in [0.15, 0.2) is 15.5 Å². The van der Waals surface area contributed by atoms with Gasteiger partial charge in [0.05, 0.1) is 15.8 Å². The maximum atomic E-state index is 11.9. The molecule has 0 aliphatic rings. The van der Waals surface area contributed by atoms with E-state index in [0.29, 0.717) is 15.8 Å². The fraction of sp³-hybridized carbons (Fsp3) is 0.143. The Morgan fingerprint density at radius 1 is 1.23 bits per heavy atom. The first-order chi connectivity index (χ1) is 10.4. The molecule has 0 N–H and O–H groups in total. The Kier molecular flexibility index (Phi) is 4.91. The van der Waals surface area contributed by atoms with E-state index in [1.54, 1.807) is 18.2 Å². The number of pyridine rings is 1. The summed E-state index contributed by atoms with van der Waals surface area (Å²) < 4.78 is 29.2. The van der Waals surface area contributed by atoms with Crippen LogP contribution in [0.15, 0.2) is 35.2 Å². The Labute approximate surface area is 138 Å². The second-order valence-corrected chi connectivity index (χ2v) is 7.25. The van der Waals surface area contributed by atoms with E-state index >= 15 is 0 Å². The van der Waals surface area contributed by atoms with Crippen molar-refractivity contribution >= 4 is 33.0 Å². The average molecular weight is 357 g/mol. The van der Waals surface area contributed by atoms with E-state index in [2.05, 4.69) is 4.98 Å². The van der Waals surface area contributed by atoms with Gasteiger partial charge in [-0.2, -0.15) is 5.26 Å². The van der Waals surface area contributed by atoms with Gasteiger partial charge < -0.3 is 4.74 Å². The Morgan fingerprint density at radius 2 is 1.95 bits per heavy atom. The van der Waals surface area contributed by atoms with E-state index in [9.17, 15) is 8.42 Å². The van der Waals surface area contributed by atoms with E-state index in [0.717, 1.165) is 0 Å². The summed E-state index contributed by atoms with van der Waals surface area (Å²) in [5.41, 5.74) is -0.209. The zero-order valence-electron chi connectivity index (χ0n) is 11.4. The molecule has 0 bridgehead atoms. The van der Waals surface area contributed by atoms with Crippen molar-refractivity contribution in [3.8, 4) is 17.7 Å². The van der Waals surface area contributed by atoms with Gasteiger partial charge in [-0.25, -0.2) is 13.4 Å². The molecule has 0 saturated carbocycles. The largest absolute Gasteiger partial charge is 0.439 e. The summed E-state index contributed by atoms with van der Waals surface area (Å²) in [6.07, 6.45) is 0. The minimum Gasteiger partial charge on any atom is -0.439 e. The smallest absolute Gasteiger partial charge is 0.220 e. The van der Waals surface area contributed by atoms with Crippen molar-refractivity contribution < 1.29 is 13.2 Å². The van der Waals surface area contributed by atoms with Gasteiger partial charge in [0.1, 0.15) is 16.7 Å². The molecule has 0 radical (unpaired) electrons. The summed E-state index contributed by atoms with van der Waals surface area (Å²) in [4.78, 5) is 3.80. The van der Waals surface area contributed by atoms with Gasteiger partial charge in [-0.15, -0.1) is 0 Å². The predicted octanol–water partition coefficient (Wildman–Crippen LogP) is 3.85. The van der Waals surface area contributed by atoms with Gasteiger partial charge >= 0.3 is 0 Å². The first-order valence-corrected chi connectivity index (χ1v) is 8.55. The van der Waals surface area contributed by atoms with Crippen LogP contribution < -0.4 is 4.74 Å². The molecule has 0 atom stereocenters. The van der Waals surface area contributed by atoms with E-state index in [-0.39, 0.29) is 22.2 Å². The lowest BCUT2D eigenvalue weighted by molar-refractivity contribution is 0.461. The van der Waals surface area contributed by atoms with Crippen LogP contribution in [0.3, 0.4) is 0 Å². The van der Waals surface area contributed by atoms with Gasteiger partial charge in [-0.05, 0) is 18.2 Å². The monoisotopic (exact) mass is 356 g/mol. The van der Waals surface area contributed by atoms with Crippen molar-refractivity contribution in [2.45, 2.75) is 11.8 Å². The summed E-state index contributed by atoms with van der Waals surface area (Å²) >= 11 is 11.7. The summed E-state index contributed by atoms with van der Waals surface area (Å²) in [5.74, 6) is 0.345. The van der Waals surface area contributed by atoms with Crippen molar-refractivity contribution in [3.05, 3.63) is 46.1 Å². The number of nitrogens with zero attached hydrogens (tertiary/aromatic N) is 2. The van der Waals surface area contributed by atoms with Gasteiger partial charge in [0.25, 0.3) is 0 Å². The molecule has 2 rings (SSSR count).